The van der Waals surface area contributed by atoms with Gasteiger partial charge in [0.1, 0.15) is 0 Å². The van der Waals surface area contributed by atoms with Gasteiger partial charge < -0.3 is 10.2 Å². The summed E-state index contributed by atoms with van der Waals surface area (Å²) < 4.78 is 0. The molecule has 3 nitrogen and oxygen atoms in total. The van der Waals surface area contributed by atoms with Crippen LogP contribution in [0.2, 0.25) is 5.02 Å². The minimum Gasteiger partial charge on any atom is -0.372 e. The molecule has 0 spiro atoms. The fourth-order valence-corrected chi connectivity index (χ4v) is 2.94. The Labute approximate surface area is 135 Å². The molecule has 1 aliphatic rings. The van der Waals surface area contributed by atoms with E-state index in [1.54, 1.807) is 12.1 Å². The van der Waals surface area contributed by atoms with E-state index >= 15 is 0 Å². The van der Waals surface area contributed by atoms with E-state index < -0.39 is 0 Å². The third-order valence-electron chi connectivity index (χ3n) is 3.98. The van der Waals surface area contributed by atoms with Crippen LogP contribution in [0.4, 0.5) is 5.69 Å². The highest BCUT2D eigenvalue weighted by atomic mass is 35.5. The number of carbonyl (C=O) groups excluding carboxylic acids is 1. The summed E-state index contributed by atoms with van der Waals surface area (Å²) in [4.78, 5) is 14.5. The summed E-state index contributed by atoms with van der Waals surface area (Å²) in [6.45, 7) is 2.79. The average molecular weight is 315 g/mol. The van der Waals surface area contributed by atoms with Crippen LogP contribution < -0.4 is 10.2 Å². The summed E-state index contributed by atoms with van der Waals surface area (Å²) in [5, 5.41) is 3.38. The van der Waals surface area contributed by atoms with Gasteiger partial charge in [-0.15, -0.1) is 0 Å². The Morgan fingerprint density at radius 3 is 2.41 bits per heavy atom. The molecular weight excluding hydrogens is 296 g/mol. The van der Waals surface area contributed by atoms with E-state index in [-0.39, 0.29) is 5.91 Å². The van der Waals surface area contributed by atoms with Crippen LogP contribution in [0.3, 0.4) is 0 Å². The van der Waals surface area contributed by atoms with E-state index in [1.807, 2.05) is 12.1 Å². The Bertz CT molecular complexity index is 648. The van der Waals surface area contributed by atoms with Crippen molar-refractivity contribution >= 4 is 23.2 Å². The number of benzene rings is 2. The molecule has 0 radical (unpaired) electrons. The molecule has 1 heterocycles. The first kappa shape index (κ1) is 14.9. The number of nitrogens with zero attached hydrogens (tertiary/aromatic N) is 1. The van der Waals surface area contributed by atoms with E-state index in [0.29, 0.717) is 17.1 Å². The maximum absolute atomic E-state index is 12.1. The number of hydrogen-bond acceptors (Lipinski definition) is 2. The monoisotopic (exact) mass is 314 g/mol. The molecular formula is C18H19ClN2O. The topological polar surface area (TPSA) is 32.3 Å². The third kappa shape index (κ3) is 3.42. The van der Waals surface area contributed by atoms with Crippen molar-refractivity contribution in [2.45, 2.75) is 19.4 Å². The Morgan fingerprint density at radius 1 is 1.05 bits per heavy atom. The molecule has 0 unspecified atom stereocenters. The third-order valence-corrected chi connectivity index (χ3v) is 4.31. The predicted molar refractivity (Wildman–Crippen MR) is 90.5 cm³/mol. The number of nitrogens with one attached hydrogen (secondary N) is 1. The van der Waals surface area contributed by atoms with Crippen molar-refractivity contribution < 1.29 is 4.79 Å². The normalized spacial score (nSPS) is 14.1. The fourth-order valence-electron chi connectivity index (χ4n) is 2.72. The Kier molecular flexibility index (Phi) is 4.64. The molecule has 1 saturated heterocycles. The number of anilines is 1. The average Bonchev–Trinajstić information content (AvgIpc) is 3.08. The number of amides is 1. The molecule has 0 atom stereocenters. The molecule has 4 heteroatoms. The first-order chi connectivity index (χ1) is 10.7. The summed E-state index contributed by atoms with van der Waals surface area (Å²) in [6.07, 6.45) is 2.55. The molecule has 1 aliphatic heterocycles. The molecule has 2 aromatic carbocycles. The maximum Gasteiger partial charge on any atom is 0.253 e. The van der Waals surface area contributed by atoms with Crippen LogP contribution in [0.1, 0.15) is 28.8 Å². The lowest BCUT2D eigenvalue weighted by molar-refractivity contribution is 0.0951. The van der Waals surface area contributed by atoms with Gasteiger partial charge >= 0.3 is 0 Å². The van der Waals surface area contributed by atoms with Crippen molar-refractivity contribution in [3.8, 4) is 0 Å². The van der Waals surface area contributed by atoms with Gasteiger partial charge in [0.15, 0.2) is 0 Å². The first-order valence-electron chi connectivity index (χ1n) is 7.60. The predicted octanol–water partition coefficient (Wildman–Crippen LogP) is 3.87. The van der Waals surface area contributed by atoms with Crippen molar-refractivity contribution in [2.75, 3.05) is 18.0 Å². The van der Waals surface area contributed by atoms with Gasteiger partial charge in [0.05, 0.1) is 10.6 Å². The van der Waals surface area contributed by atoms with Crippen LogP contribution >= 0.6 is 11.6 Å². The highest BCUT2D eigenvalue weighted by Gasteiger charge is 2.12. The molecule has 0 bridgehead atoms. The Hall–Kier alpha value is -2.00. The lowest BCUT2D eigenvalue weighted by Gasteiger charge is -2.17. The second-order valence-electron chi connectivity index (χ2n) is 5.52. The van der Waals surface area contributed by atoms with Gasteiger partial charge in [0, 0.05) is 25.3 Å². The number of rotatable bonds is 4. The molecule has 1 amide bonds. The summed E-state index contributed by atoms with van der Waals surface area (Å²) >= 11 is 6.03. The summed E-state index contributed by atoms with van der Waals surface area (Å²) in [7, 11) is 0. The first-order valence-corrected chi connectivity index (χ1v) is 7.98. The van der Waals surface area contributed by atoms with Gasteiger partial charge in [-0.1, -0.05) is 35.9 Å². The van der Waals surface area contributed by atoms with Crippen LogP contribution in [0.5, 0.6) is 0 Å². The lowest BCUT2D eigenvalue weighted by atomic mass is 10.1. The van der Waals surface area contributed by atoms with E-state index in [0.717, 1.165) is 18.7 Å². The van der Waals surface area contributed by atoms with E-state index in [2.05, 4.69) is 34.5 Å². The van der Waals surface area contributed by atoms with E-state index in [9.17, 15) is 4.79 Å². The SMILES string of the molecule is O=C(NCc1ccc(N2CCCC2)cc1)c1ccccc1Cl. The van der Waals surface area contributed by atoms with E-state index in [1.165, 1.54) is 18.5 Å². The minimum atomic E-state index is -0.144. The van der Waals surface area contributed by atoms with Gasteiger partial charge in [-0.05, 0) is 42.7 Å². The molecule has 22 heavy (non-hydrogen) atoms. The lowest BCUT2D eigenvalue weighted by Crippen LogP contribution is -2.23. The fraction of sp³-hybridized carbons (Fsp3) is 0.278. The smallest absolute Gasteiger partial charge is 0.253 e. The van der Waals surface area contributed by atoms with Crippen molar-refractivity contribution in [3.05, 3.63) is 64.7 Å². The van der Waals surface area contributed by atoms with Crippen molar-refractivity contribution in [1.82, 2.24) is 5.32 Å². The summed E-state index contributed by atoms with van der Waals surface area (Å²) in [5.74, 6) is -0.144. The zero-order valence-corrected chi connectivity index (χ0v) is 13.1. The van der Waals surface area contributed by atoms with Crippen LogP contribution in [-0.4, -0.2) is 19.0 Å². The zero-order chi connectivity index (χ0) is 15.4. The maximum atomic E-state index is 12.1. The summed E-state index contributed by atoms with van der Waals surface area (Å²) in [6, 6.07) is 15.5. The van der Waals surface area contributed by atoms with Gasteiger partial charge in [0.25, 0.3) is 5.91 Å². The zero-order valence-electron chi connectivity index (χ0n) is 12.4. The van der Waals surface area contributed by atoms with Crippen molar-refractivity contribution in [1.29, 1.82) is 0 Å². The standard InChI is InChI=1S/C18H19ClN2O/c19-17-6-2-1-5-16(17)18(22)20-13-14-7-9-15(10-8-14)21-11-3-4-12-21/h1-2,5-10H,3-4,11-13H2,(H,20,22). The molecule has 1 N–H and O–H groups in total. The van der Waals surface area contributed by atoms with Crippen LogP contribution in [0.25, 0.3) is 0 Å². The largest absolute Gasteiger partial charge is 0.372 e. The molecule has 2 aromatic rings. The molecule has 114 valence electrons. The second-order valence-corrected chi connectivity index (χ2v) is 5.93. The molecule has 3 rings (SSSR count). The molecule has 0 saturated carbocycles. The second kappa shape index (κ2) is 6.84. The van der Waals surface area contributed by atoms with Gasteiger partial charge in [-0.25, -0.2) is 0 Å². The quantitative estimate of drug-likeness (QED) is 0.929. The van der Waals surface area contributed by atoms with Gasteiger partial charge in [-0.2, -0.15) is 0 Å². The summed E-state index contributed by atoms with van der Waals surface area (Å²) in [5.41, 5.74) is 2.86. The number of hydrogen-bond donors (Lipinski definition) is 1. The van der Waals surface area contributed by atoms with Gasteiger partial charge in [0.2, 0.25) is 0 Å². The number of carbonyl (C=O) groups is 1. The Morgan fingerprint density at radius 2 is 1.73 bits per heavy atom. The minimum absolute atomic E-state index is 0.144. The highest BCUT2D eigenvalue weighted by Crippen LogP contribution is 2.20. The Balaban J connectivity index is 1.59. The van der Waals surface area contributed by atoms with Crippen molar-refractivity contribution in [3.63, 3.8) is 0 Å². The van der Waals surface area contributed by atoms with Gasteiger partial charge in [-0.3, -0.25) is 4.79 Å². The molecule has 0 aromatic heterocycles. The van der Waals surface area contributed by atoms with E-state index in [4.69, 9.17) is 11.6 Å². The number of halogens is 1. The molecule has 1 fully saturated rings. The highest BCUT2D eigenvalue weighted by molar-refractivity contribution is 6.33. The van der Waals surface area contributed by atoms with Crippen LogP contribution in [0.15, 0.2) is 48.5 Å². The van der Waals surface area contributed by atoms with Crippen LogP contribution in [0, 0.1) is 0 Å². The van der Waals surface area contributed by atoms with Crippen molar-refractivity contribution in [2.24, 2.45) is 0 Å². The molecule has 0 aliphatic carbocycles. The van der Waals surface area contributed by atoms with Crippen LogP contribution in [-0.2, 0) is 6.54 Å².